The van der Waals surface area contributed by atoms with Crippen molar-refractivity contribution in [1.29, 1.82) is 0 Å². The smallest absolute Gasteiger partial charge is 0.213 e. The van der Waals surface area contributed by atoms with Crippen LogP contribution in [0, 0.1) is 0 Å². The Balaban J connectivity index is 2.17. The fourth-order valence-corrected chi connectivity index (χ4v) is 2.48. The first-order chi connectivity index (χ1) is 8.19. The van der Waals surface area contributed by atoms with Crippen molar-refractivity contribution < 1.29 is 4.74 Å². The third-order valence-corrected chi connectivity index (χ3v) is 3.67. The largest absolute Gasteiger partial charge is 0.481 e. The van der Waals surface area contributed by atoms with Gasteiger partial charge in [0.1, 0.15) is 0 Å². The fourth-order valence-electron chi connectivity index (χ4n) is 2.48. The second kappa shape index (κ2) is 3.74. The molecule has 90 valence electrons. The standard InChI is InChI=1S/C13H17N3O/c1-8-6-9-11(7-16(8)2)14-10-4-5-12(17-3)15-13(9)10/h4-5,8,14H,6-7H2,1-3H3/t8-/m0/s1. The van der Waals surface area contributed by atoms with Gasteiger partial charge in [-0.2, -0.15) is 0 Å². The predicted molar refractivity (Wildman–Crippen MR) is 67.3 cm³/mol. The Labute approximate surface area is 101 Å². The number of nitrogens with one attached hydrogen (secondary N) is 1. The molecule has 0 bridgehead atoms. The van der Waals surface area contributed by atoms with Crippen molar-refractivity contribution in [1.82, 2.24) is 14.9 Å². The lowest BCUT2D eigenvalue weighted by Gasteiger charge is -2.29. The number of hydrogen-bond donors (Lipinski definition) is 1. The summed E-state index contributed by atoms with van der Waals surface area (Å²) in [6, 6.07) is 4.51. The van der Waals surface area contributed by atoms with Gasteiger partial charge in [-0.05, 0) is 26.5 Å². The molecule has 2 aromatic heterocycles. The number of H-pyrrole nitrogens is 1. The SMILES string of the molecule is COc1ccc2[nH]c3c(c2n1)C[C@H](C)N(C)C3. The number of aromatic nitrogens is 2. The van der Waals surface area contributed by atoms with E-state index < -0.39 is 0 Å². The maximum Gasteiger partial charge on any atom is 0.213 e. The fraction of sp³-hybridized carbons (Fsp3) is 0.462. The van der Waals surface area contributed by atoms with Crippen molar-refractivity contribution in [3.8, 4) is 5.88 Å². The highest BCUT2D eigenvalue weighted by atomic mass is 16.5. The molecule has 4 heteroatoms. The van der Waals surface area contributed by atoms with E-state index in [0.29, 0.717) is 11.9 Å². The van der Waals surface area contributed by atoms with Crippen LogP contribution in [0.4, 0.5) is 0 Å². The molecule has 4 nitrogen and oxygen atoms in total. The molecule has 0 aliphatic carbocycles. The zero-order valence-electron chi connectivity index (χ0n) is 10.4. The van der Waals surface area contributed by atoms with Crippen LogP contribution in [-0.2, 0) is 13.0 Å². The molecule has 0 unspecified atom stereocenters. The van der Waals surface area contributed by atoms with Crippen LogP contribution in [-0.4, -0.2) is 35.1 Å². The highest BCUT2D eigenvalue weighted by Crippen LogP contribution is 2.29. The minimum Gasteiger partial charge on any atom is -0.481 e. The molecule has 1 aliphatic heterocycles. The van der Waals surface area contributed by atoms with E-state index in [0.717, 1.165) is 24.0 Å². The molecule has 1 atom stereocenters. The summed E-state index contributed by atoms with van der Waals surface area (Å²) >= 11 is 0. The molecule has 0 aromatic carbocycles. The van der Waals surface area contributed by atoms with Crippen LogP contribution in [0.5, 0.6) is 5.88 Å². The summed E-state index contributed by atoms with van der Waals surface area (Å²) in [5.41, 5.74) is 4.82. The molecule has 0 radical (unpaired) electrons. The highest BCUT2D eigenvalue weighted by molar-refractivity contribution is 5.81. The first kappa shape index (κ1) is 10.6. The van der Waals surface area contributed by atoms with Crippen LogP contribution in [0.15, 0.2) is 12.1 Å². The molecule has 1 aliphatic rings. The monoisotopic (exact) mass is 231 g/mol. The van der Waals surface area contributed by atoms with Crippen LogP contribution in [0.25, 0.3) is 11.0 Å². The number of rotatable bonds is 1. The third kappa shape index (κ3) is 1.60. The van der Waals surface area contributed by atoms with Crippen molar-refractivity contribution >= 4 is 11.0 Å². The first-order valence-electron chi connectivity index (χ1n) is 5.93. The van der Waals surface area contributed by atoms with Crippen LogP contribution in [0.2, 0.25) is 0 Å². The second-order valence-electron chi connectivity index (χ2n) is 4.80. The van der Waals surface area contributed by atoms with Gasteiger partial charge in [-0.15, -0.1) is 0 Å². The summed E-state index contributed by atoms with van der Waals surface area (Å²) in [6.45, 7) is 3.22. The number of fused-ring (bicyclic) bond motifs is 3. The predicted octanol–water partition coefficient (Wildman–Crippen LogP) is 1.95. The van der Waals surface area contributed by atoms with Crippen LogP contribution in [0.3, 0.4) is 0 Å². The molecule has 2 aromatic rings. The Morgan fingerprint density at radius 1 is 1.47 bits per heavy atom. The average molecular weight is 231 g/mol. The Bertz CT molecular complexity index is 561. The minimum absolute atomic E-state index is 0.564. The van der Waals surface area contributed by atoms with Gasteiger partial charge >= 0.3 is 0 Å². The normalized spacial score (nSPS) is 20.5. The van der Waals surface area contributed by atoms with Crippen molar-refractivity contribution in [2.24, 2.45) is 0 Å². The van der Waals surface area contributed by atoms with Crippen molar-refractivity contribution in [2.75, 3.05) is 14.2 Å². The first-order valence-corrected chi connectivity index (χ1v) is 5.93. The Morgan fingerprint density at radius 3 is 3.06 bits per heavy atom. The van der Waals surface area contributed by atoms with Crippen LogP contribution in [0.1, 0.15) is 18.2 Å². The zero-order chi connectivity index (χ0) is 12.0. The van der Waals surface area contributed by atoms with Gasteiger partial charge < -0.3 is 9.72 Å². The van der Waals surface area contributed by atoms with Gasteiger partial charge in [-0.25, -0.2) is 4.98 Å². The van der Waals surface area contributed by atoms with E-state index in [1.165, 1.54) is 11.3 Å². The molecule has 0 saturated carbocycles. The number of ether oxygens (including phenoxy) is 1. The van der Waals surface area contributed by atoms with E-state index in [1.54, 1.807) is 7.11 Å². The Kier molecular flexibility index (Phi) is 2.33. The van der Waals surface area contributed by atoms with E-state index in [1.807, 2.05) is 12.1 Å². The Hall–Kier alpha value is -1.55. The van der Waals surface area contributed by atoms with Crippen molar-refractivity contribution in [3.63, 3.8) is 0 Å². The third-order valence-electron chi connectivity index (χ3n) is 3.67. The maximum atomic E-state index is 5.20. The molecule has 3 rings (SSSR count). The quantitative estimate of drug-likeness (QED) is 0.815. The number of likely N-dealkylation sites (N-methyl/N-ethyl adjacent to an activating group) is 1. The van der Waals surface area contributed by atoms with Gasteiger partial charge in [0.05, 0.1) is 18.1 Å². The summed E-state index contributed by atoms with van der Waals surface area (Å²) in [5, 5.41) is 0. The van der Waals surface area contributed by atoms with Gasteiger partial charge in [-0.1, -0.05) is 0 Å². The topological polar surface area (TPSA) is 41.1 Å². The molecule has 3 heterocycles. The summed E-state index contributed by atoms with van der Waals surface area (Å²) < 4.78 is 5.20. The number of pyridine rings is 1. The van der Waals surface area contributed by atoms with Gasteiger partial charge in [0.25, 0.3) is 0 Å². The molecule has 0 amide bonds. The molecular formula is C13H17N3O. The number of nitrogens with zero attached hydrogens (tertiary/aromatic N) is 2. The van der Waals surface area contributed by atoms with E-state index in [4.69, 9.17) is 4.74 Å². The van der Waals surface area contributed by atoms with E-state index in [-0.39, 0.29) is 0 Å². The summed E-state index contributed by atoms with van der Waals surface area (Å²) in [4.78, 5) is 10.4. The minimum atomic E-state index is 0.564. The van der Waals surface area contributed by atoms with Gasteiger partial charge in [-0.3, -0.25) is 4.90 Å². The number of hydrogen-bond acceptors (Lipinski definition) is 3. The number of aromatic amines is 1. The van der Waals surface area contributed by atoms with Crippen LogP contribution < -0.4 is 4.74 Å². The van der Waals surface area contributed by atoms with E-state index in [9.17, 15) is 0 Å². The van der Waals surface area contributed by atoms with E-state index >= 15 is 0 Å². The highest BCUT2D eigenvalue weighted by Gasteiger charge is 2.24. The molecule has 1 N–H and O–H groups in total. The molecule has 0 saturated heterocycles. The molecule has 0 spiro atoms. The molecule has 17 heavy (non-hydrogen) atoms. The number of methoxy groups -OCH3 is 1. The lowest BCUT2D eigenvalue weighted by Crippen LogP contribution is -2.34. The van der Waals surface area contributed by atoms with Gasteiger partial charge in [0.15, 0.2) is 0 Å². The molecular weight excluding hydrogens is 214 g/mol. The zero-order valence-corrected chi connectivity index (χ0v) is 10.4. The summed E-state index contributed by atoms with van der Waals surface area (Å²) in [7, 11) is 3.82. The van der Waals surface area contributed by atoms with Crippen molar-refractivity contribution in [2.45, 2.75) is 25.9 Å². The van der Waals surface area contributed by atoms with Crippen molar-refractivity contribution in [3.05, 3.63) is 23.4 Å². The average Bonchev–Trinajstić information content (AvgIpc) is 2.67. The van der Waals surface area contributed by atoms with Crippen LogP contribution >= 0.6 is 0 Å². The lowest BCUT2D eigenvalue weighted by molar-refractivity contribution is 0.229. The summed E-state index contributed by atoms with van der Waals surface area (Å²) in [5.74, 6) is 0.686. The molecule has 0 fully saturated rings. The summed E-state index contributed by atoms with van der Waals surface area (Å²) in [6.07, 6.45) is 1.05. The lowest BCUT2D eigenvalue weighted by atomic mass is 10.0. The second-order valence-corrected chi connectivity index (χ2v) is 4.80. The van der Waals surface area contributed by atoms with Gasteiger partial charge in [0.2, 0.25) is 5.88 Å². The van der Waals surface area contributed by atoms with E-state index in [2.05, 4.69) is 28.8 Å². The van der Waals surface area contributed by atoms with Gasteiger partial charge in [0, 0.05) is 29.9 Å². The maximum absolute atomic E-state index is 5.20. The Morgan fingerprint density at radius 2 is 2.29 bits per heavy atom.